The smallest absolute Gasteiger partial charge is 0 e. The van der Waals surface area contributed by atoms with E-state index in [2.05, 4.69) is 25.2 Å². The molecule has 0 aliphatic heterocycles. The van der Waals surface area contributed by atoms with Gasteiger partial charge >= 0.3 is 0 Å². The summed E-state index contributed by atoms with van der Waals surface area (Å²) in [6.45, 7) is 2.20. The summed E-state index contributed by atoms with van der Waals surface area (Å²) in [6, 6.07) is 0. The van der Waals surface area contributed by atoms with Gasteiger partial charge in [0.25, 0.3) is 0 Å². The molecule has 0 aromatic carbocycles. The van der Waals surface area contributed by atoms with Crippen LogP contribution >= 0.6 is 24.8 Å². The third-order valence-corrected chi connectivity index (χ3v) is 1.29. The van der Waals surface area contributed by atoms with Gasteiger partial charge in [0.15, 0.2) is 0 Å². The van der Waals surface area contributed by atoms with Gasteiger partial charge in [0.1, 0.15) is 0 Å². The third-order valence-electron chi connectivity index (χ3n) is 1.29. The van der Waals surface area contributed by atoms with Crippen LogP contribution in [0.2, 0.25) is 0 Å². The number of hydrogen-bond acceptors (Lipinski definition) is 0. The molecule has 0 saturated heterocycles. The SMILES string of the molecule is CCCC1=[C-]CC=C1.Cl.Cl.[Zr]. The summed E-state index contributed by atoms with van der Waals surface area (Å²) in [5.74, 6) is 0. The van der Waals surface area contributed by atoms with Gasteiger partial charge in [0.05, 0.1) is 0 Å². The zero-order valence-corrected chi connectivity index (χ0v) is 10.7. The van der Waals surface area contributed by atoms with Gasteiger partial charge in [-0.2, -0.15) is 6.08 Å². The molecule has 64 valence electrons. The standard InChI is InChI=1S/C8H11.2ClH.Zr/c1-2-5-8-6-3-4-7-8;;;/h3,6H,2,4-5H2,1H3;2*1H;/q-1;;;. The van der Waals surface area contributed by atoms with E-state index < -0.39 is 0 Å². The van der Waals surface area contributed by atoms with E-state index in [0.29, 0.717) is 0 Å². The fourth-order valence-electron chi connectivity index (χ4n) is 0.891. The summed E-state index contributed by atoms with van der Waals surface area (Å²) in [4.78, 5) is 0. The molecule has 0 unspecified atom stereocenters. The average Bonchev–Trinajstić information content (AvgIpc) is 2.19. The van der Waals surface area contributed by atoms with Crippen molar-refractivity contribution in [1.82, 2.24) is 0 Å². The molecule has 0 aromatic heterocycles. The van der Waals surface area contributed by atoms with Crippen molar-refractivity contribution in [2.75, 3.05) is 0 Å². The Labute approximate surface area is 100 Å². The van der Waals surface area contributed by atoms with Crippen molar-refractivity contribution in [3.8, 4) is 0 Å². The molecule has 1 aliphatic carbocycles. The van der Waals surface area contributed by atoms with E-state index in [-0.39, 0.29) is 51.0 Å². The Balaban J connectivity index is -0.000000213. The van der Waals surface area contributed by atoms with Crippen LogP contribution in [0.25, 0.3) is 0 Å². The maximum atomic E-state index is 3.26. The van der Waals surface area contributed by atoms with Crippen molar-refractivity contribution in [2.45, 2.75) is 26.2 Å². The molecule has 0 aromatic rings. The van der Waals surface area contributed by atoms with Crippen molar-refractivity contribution in [3.05, 3.63) is 23.8 Å². The summed E-state index contributed by atoms with van der Waals surface area (Å²) in [5.41, 5.74) is 1.40. The molecule has 11 heavy (non-hydrogen) atoms. The van der Waals surface area contributed by atoms with Crippen LogP contribution < -0.4 is 0 Å². The van der Waals surface area contributed by atoms with Crippen LogP contribution in [0.5, 0.6) is 0 Å². The fourth-order valence-corrected chi connectivity index (χ4v) is 0.891. The van der Waals surface area contributed by atoms with Gasteiger partial charge in [-0.15, -0.1) is 31.2 Å². The van der Waals surface area contributed by atoms with Crippen LogP contribution in [0.3, 0.4) is 0 Å². The molecule has 1 aliphatic rings. The van der Waals surface area contributed by atoms with Gasteiger partial charge in [-0.1, -0.05) is 19.8 Å². The van der Waals surface area contributed by atoms with Gasteiger partial charge in [-0.25, -0.2) is 11.6 Å². The number of allylic oxidation sites excluding steroid dienone is 4. The third kappa shape index (κ3) is 7.31. The number of hydrogen-bond donors (Lipinski definition) is 0. The summed E-state index contributed by atoms with van der Waals surface area (Å²) >= 11 is 0. The topological polar surface area (TPSA) is 0 Å². The van der Waals surface area contributed by atoms with Crippen LogP contribution in [-0.4, -0.2) is 0 Å². The van der Waals surface area contributed by atoms with Crippen LogP contribution in [0, 0.1) is 6.08 Å². The van der Waals surface area contributed by atoms with E-state index in [1.165, 1.54) is 18.4 Å². The Morgan fingerprint density at radius 2 is 2.09 bits per heavy atom. The quantitative estimate of drug-likeness (QED) is 0.676. The second-order valence-electron chi connectivity index (χ2n) is 2.06. The van der Waals surface area contributed by atoms with E-state index in [1.807, 2.05) is 0 Å². The molecule has 0 fully saturated rings. The summed E-state index contributed by atoms with van der Waals surface area (Å²) in [6.07, 6.45) is 11.1. The van der Waals surface area contributed by atoms with Gasteiger partial charge in [0.2, 0.25) is 0 Å². The summed E-state index contributed by atoms with van der Waals surface area (Å²) in [5, 5.41) is 0. The average molecular weight is 271 g/mol. The molecule has 0 spiro atoms. The monoisotopic (exact) mass is 269 g/mol. The van der Waals surface area contributed by atoms with Gasteiger partial charge < -0.3 is 0 Å². The first-order valence-electron chi connectivity index (χ1n) is 3.19. The molecule has 0 bridgehead atoms. The Hall–Kier alpha value is 0.943. The molecular formula is C8H13Cl2Zr-. The second-order valence-corrected chi connectivity index (χ2v) is 2.06. The Morgan fingerprint density at radius 1 is 1.45 bits per heavy atom. The minimum atomic E-state index is 0. The zero-order valence-electron chi connectivity index (χ0n) is 6.59. The van der Waals surface area contributed by atoms with Gasteiger partial charge in [-0.3, -0.25) is 6.08 Å². The molecular weight excluding hydrogens is 258 g/mol. The normalized spacial score (nSPS) is 12.3. The molecule has 0 atom stereocenters. The van der Waals surface area contributed by atoms with Crippen LogP contribution in [0.1, 0.15) is 26.2 Å². The Bertz CT molecular complexity index is 130. The van der Waals surface area contributed by atoms with E-state index in [0.717, 1.165) is 6.42 Å². The van der Waals surface area contributed by atoms with E-state index >= 15 is 0 Å². The predicted octanol–water partition coefficient (Wildman–Crippen LogP) is 3.32. The minimum Gasteiger partial charge on any atom is -0.269 e. The van der Waals surface area contributed by atoms with Crippen molar-refractivity contribution in [1.29, 1.82) is 0 Å². The largest absolute Gasteiger partial charge is 0.269 e. The maximum absolute atomic E-state index is 3.26. The predicted molar refractivity (Wildman–Crippen MR) is 49.9 cm³/mol. The van der Waals surface area contributed by atoms with Crippen LogP contribution in [0.4, 0.5) is 0 Å². The van der Waals surface area contributed by atoms with Crippen molar-refractivity contribution in [3.63, 3.8) is 0 Å². The van der Waals surface area contributed by atoms with Crippen molar-refractivity contribution in [2.24, 2.45) is 0 Å². The van der Waals surface area contributed by atoms with Crippen LogP contribution in [0.15, 0.2) is 17.7 Å². The molecule has 0 N–H and O–H groups in total. The van der Waals surface area contributed by atoms with Crippen molar-refractivity contribution < 1.29 is 26.2 Å². The van der Waals surface area contributed by atoms with E-state index in [1.54, 1.807) is 0 Å². The fraction of sp³-hybridized carbons (Fsp3) is 0.500. The molecule has 0 heterocycles. The molecule has 1 rings (SSSR count). The summed E-state index contributed by atoms with van der Waals surface area (Å²) < 4.78 is 0. The van der Waals surface area contributed by atoms with E-state index in [9.17, 15) is 0 Å². The summed E-state index contributed by atoms with van der Waals surface area (Å²) in [7, 11) is 0. The van der Waals surface area contributed by atoms with Gasteiger partial charge in [-0.05, 0) is 0 Å². The minimum absolute atomic E-state index is 0. The molecule has 0 radical (unpaired) electrons. The van der Waals surface area contributed by atoms with E-state index in [4.69, 9.17) is 0 Å². The van der Waals surface area contributed by atoms with Gasteiger partial charge in [0, 0.05) is 26.2 Å². The molecule has 0 nitrogen and oxygen atoms in total. The molecule has 3 heteroatoms. The number of rotatable bonds is 2. The molecule has 0 saturated carbocycles. The van der Waals surface area contributed by atoms with Crippen LogP contribution in [-0.2, 0) is 26.2 Å². The van der Waals surface area contributed by atoms with Crippen molar-refractivity contribution >= 4 is 24.8 Å². The number of halogens is 2. The maximum Gasteiger partial charge on any atom is 0 e. The Kier molecular flexibility index (Phi) is 17.8. The second kappa shape index (κ2) is 10.9. The first-order valence-corrected chi connectivity index (χ1v) is 3.19. The first-order chi connectivity index (χ1) is 3.93. The zero-order chi connectivity index (χ0) is 5.82. The molecule has 0 amide bonds. The first kappa shape index (κ1) is 17.9. The Morgan fingerprint density at radius 3 is 2.45 bits per heavy atom.